The van der Waals surface area contributed by atoms with Gasteiger partial charge in [-0.2, -0.15) is 0 Å². The summed E-state index contributed by atoms with van der Waals surface area (Å²) < 4.78 is 6.99. The average Bonchev–Trinajstić information content (AvgIpc) is 3.11. The van der Waals surface area contributed by atoms with E-state index in [0.717, 1.165) is 23.3 Å². The van der Waals surface area contributed by atoms with Crippen molar-refractivity contribution in [2.75, 3.05) is 33.3 Å². The first-order valence-corrected chi connectivity index (χ1v) is 10.6. The molecule has 0 atom stereocenters. The number of hydrogen-bond acceptors (Lipinski definition) is 5. The predicted molar refractivity (Wildman–Crippen MR) is 113 cm³/mol. The van der Waals surface area contributed by atoms with Gasteiger partial charge in [-0.3, -0.25) is 14.4 Å². The van der Waals surface area contributed by atoms with E-state index in [1.165, 1.54) is 4.90 Å². The van der Waals surface area contributed by atoms with Crippen LogP contribution in [-0.2, 0) is 32.1 Å². The van der Waals surface area contributed by atoms with E-state index in [4.69, 9.17) is 4.74 Å². The maximum atomic E-state index is 12.8. The first-order valence-electron chi connectivity index (χ1n) is 10.6. The maximum Gasteiger partial charge on any atom is 0.309 e. The molecule has 3 rings (SSSR count). The fourth-order valence-electron chi connectivity index (χ4n) is 3.84. The number of carbonyl (C=O) groups excluding carboxylic acids is 3. The van der Waals surface area contributed by atoms with Crippen LogP contribution in [0.4, 0.5) is 0 Å². The molecule has 0 spiro atoms. The first kappa shape index (κ1) is 21.8. The van der Waals surface area contributed by atoms with Crippen molar-refractivity contribution in [2.45, 2.75) is 39.7 Å². The summed E-state index contributed by atoms with van der Waals surface area (Å²) >= 11 is 0. The standard InChI is InChI=1S/C22H30N4O4/c1-4-19-23-17-8-6-7-9-18(17)26(19)15-20(27)24(3)14-21(28)25-12-10-16(11-13-25)22(29)30-5-2/h6-9,16H,4-5,10-15H2,1-3H3. The molecule has 30 heavy (non-hydrogen) atoms. The molecule has 0 unspecified atom stereocenters. The van der Waals surface area contributed by atoms with Crippen LogP contribution in [0.25, 0.3) is 11.0 Å². The summed E-state index contributed by atoms with van der Waals surface area (Å²) in [7, 11) is 1.65. The van der Waals surface area contributed by atoms with E-state index in [9.17, 15) is 14.4 Å². The highest BCUT2D eigenvalue weighted by Crippen LogP contribution is 2.19. The number of likely N-dealkylation sites (N-methyl/N-ethyl adjacent to an activating group) is 1. The van der Waals surface area contributed by atoms with Crippen LogP contribution in [0.5, 0.6) is 0 Å². The molecule has 2 heterocycles. The van der Waals surface area contributed by atoms with Crippen LogP contribution in [0, 0.1) is 5.92 Å². The number of ether oxygens (including phenoxy) is 1. The molecule has 0 radical (unpaired) electrons. The number of aromatic nitrogens is 2. The lowest BCUT2D eigenvalue weighted by molar-refractivity contribution is -0.151. The van der Waals surface area contributed by atoms with E-state index in [-0.39, 0.29) is 36.8 Å². The zero-order valence-electron chi connectivity index (χ0n) is 18.0. The van der Waals surface area contributed by atoms with Crippen LogP contribution in [-0.4, -0.2) is 70.4 Å². The highest BCUT2D eigenvalue weighted by Gasteiger charge is 2.29. The lowest BCUT2D eigenvalue weighted by Crippen LogP contribution is -2.46. The van der Waals surface area contributed by atoms with Gasteiger partial charge in [0, 0.05) is 26.6 Å². The van der Waals surface area contributed by atoms with E-state index in [0.29, 0.717) is 32.5 Å². The fraction of sp³-hybridized carbons (Fsp3) is 0.545. The molecule has 1 aliphatic heterocycles. The quantitative estimate of drug-likeness (QED) is 0.646. The number of carbonyl (C=O) groups is 3. The maximum absolute atomic E-state index is 12.8. The SMILES string of the molecule is CCOC(=O)C1CCN(C(=O)CN(C)C(=O)Cn2c(CC)nc3ccccc32)CC1. The number of nitrogens with zero attached hydrogens (tertiary/aromatic N) is 4. The lowest BCUT2D eigenvalue weighted by atomic mass is 9.97. The van der Waals surface area contributed by atoms with Crippen molar-refractivity contribution < 1.29 is 19.1 Å². The average molecular weight is 415 g/mol. The molecule has 2 amide bonds. The Morgan fingerprint density at radius 2 is 1.87 bits per heavy atom. The number of piperidine rings is 1. The van der Waals surface area contributed by atoms with E-state index in [1.807, 2.05) is 35.8 Å². The molecule has 0 N–H and O–H groups in total. The van der Waals surface area contributed by atoms with E-state index in [1.54, 1.807) is 18.9 Å². The number of hydrogen-bond donors (Lipinski definition) is 0. The van der Waals surface area contributed by atoms with Crippen LogP contribution in [0.1, 0.15) is 32.5 Å². The van der Waals surface area contributed by atoms with Gasteiger partial charge in [-0.25, -0.2) is 4.98 Å². The van der Waals surface area contributed by atoms with Gasteiger partial charge in [0.05, 0.1) is 30.1 Å². The summed E-state index contributed by atoms with van der Waals surface area (Å²) in [4.78, 5) is 45.1. The number of imidazole rings is 1. The second-order valence-corrected chi connectivity index (χ2v) is 7.61. The van der Waals surface area contributed by atoms with Crippen molar-refractivity contribution in [3.8, 4) is 0 Å². The zero-order chi connectivity index (χ0) is 21.7. The summed E-state index contributed by atoms with van der Waals surface area (Å²) in [5.41, 5.74) is 1.79. The largest absolute Gasteiger partial charge is 0.466 e. The van der Waals surface area contributed by atoms with Gasteiger partial charge < -0.3 is 19.1 Å². The van der Waals surface area contributed by atoms with E-state index < -0.39 is 0 Å². The summed E-state index contributed by atoms with van der Waals surface area (Å²) in [5.74, 6) is 0.291. The fourth-order valence-corrected chi connectivity index (χ4v) is 3.84. The Balaban J connectivity index is 1.56. The monoisotopic (exact) mass is 414 g/mol. The van der Waals surface area contributed by atoms with Crippen LogP contribution < -0.4 is 0 Å². The molecular formula is C22H30N4O4. The first-order chi connectivity index (χ1) is 14.4. The molecule has 1 saturated heterocycles. The van der Waals surface area contributed by atoms with Crippen molar-refractivity contribution in [3.05, 3.63) is 30.1 Å². The summed E-state index contributed by atoms with van der Waals surface area (Å²) in [6.45, 7) is 5.37. The Morgan fingerprint density at radius 1 is 1.17 bits per heavy atom. The number of amides is 2. The molecule has 8 heteroatoms. The second-order valence-electron chi connectivity index (χ2n) is 7.61. The lowest BCUT2D eigenvalue weighted by Gasteiger charge is -2.32. The van der Waals surface area contributed by atoms with Crippen LogP contribution in [0.3, 0.4) is 0 Å². The molecule has 1 aromatic carbocycles. The summed E-state index contributed by atoms with van der Waals surface area (Å²) in [6, 6.07) is 7.74. The number of benzene rings is 1. The van der Waals surface area contributed by atoms with Gasteiger partial charge in [-0.05, 0) is 31.9 Å². The Bertz CT molecular complexity index is 915. The van der Waals surface area contributed by atoms with Crippen molar-refractivity contribution in [1.29, 1.82) is 0 Å². The Kier molecular flexibility index (Phi) is 7.07. The molecule has 1 aromatic heterocycles. The van der Waals surface area contributed by atoms with Gasteiger partial charge in [0.25, 0.3) is 0 Å². The molecule has 1 aliphatic rings. The Morgan fingerprint density at radius 3 is 2.53 bits per heavy atom. The summed E-state index contributed by atoms with van der Waals surface area (Å²) in [6.07, 6.45) is 1.92. The smallest absolute Gasteiger partial charge is 0.309 e. The second kappa shape index (κ2) is 9.73. The highest BCUT2D eigenvalue weighted by atomic mass is 16.5. The predicted octanol–water partition coefficient (Wildman–Crippen LogP) is 1.86. The minimum atomic E-state index is -0.184. The highest BCUT2D eigenvalue weighted by molar-refractivity contribution is 5.86. The van der Waals surface area contributed by atoms with Gasteiger partial charge in [-0.15, -0.1) is 0 Å². The molecular weight excluding hydrogens is 384 g/mol. The van der Waals surface area contributed by atoms with Crippen molar-refractivity contribution in [2.24, 2.45) is 5.92 Å². The Hall–Kier alpha value is -2.90. The summed E-state index contributed by atoms with van der Waals surface area (Å²) in [5, 5.41) is 0. The third-order valence-corrected chi connectivity index (χ3v) is 5.61. The third kappa shape index (κ3) is 4.80. The molecule has 0 saturated carbocycles. The van der Waals surface area contributed by atoms with Gasteiger partial charge >= 0.3 is 5.97 Å². The van der Waals surface area contributed by atoms with E-state index >= 15 is 0 Å². The molecule has 1 fully saturated rings. The van der Waals surface area contributed by atoms with Crippen LogP contribution in [0.2, 0.25) is 0 Å². The van der Waals surface area contributed by atoms with Crippen LogP contribution >= 0.6 is 0 Å². The molecule has 8 nitrogen and oxygen atoms in total. The zero-order valence-corrected chi connectivity index (χ0v) is 18.0. The van der Waals surface area contributed by atoms with Gasteiger partial charge in [0.2, 0.25) is 11.8 Å². The number of likely N-dealkylation sites (tertiary alicyclic amines) is 1. The minimum Gasteiger partial charge on any atom is -0.466 e. The minimum absolute atomic E-state index is 0.0248. The number of rotatable bonds is 7. The van der Waals surface area contributed by atoms with Crippen molar-refractivity contribution in [1.82, 2.24) is 19.4 Å². The third-order valence-electron chi connectivity index (χ3n) is 5.61. The molecule has 2 aromatic rings. The molecule has 0 bridgehead atoms. The van der Waals surface area contributed by atoms with Gasteiger partial charge in [0.1, 0.15) is 12.4 Å². The Labute approximate surface area is 176 Å². The van der Waals surface area contributed by atoms with Crippen LogP contribution in [0.15, 0.2) is 24.3 Å². The topological polar surface area (TPSA) is 84.7 Å². The normalized spacial score (nSPS) is 14.7. The van der Waals surface area contributed by atoms with Crippen molar-refractivity contribution >= 4 is 28.8 Å². The molecule has 162 valence electrons. The van der Waals surface area contributed by atoms with E-state index in [2.05, 4.69) is 4.98 Å². The number of para-hydroxylation sites is 2. The van der Waals surface area contributed by atoms with Gasteiger partial charge in [0.15, 0.2) is 0 Å². The van der Waals surface area contributed by atoms with Crippen molar-refractivity contribution in [3.63, 3.8) is 0 Å². The number of esters is 1. The number of aryl methyl sites for hydroxylation is 1. The molecule has 0 aliphatic carbocycles. The van der Waals surface area contributed by atoms with Gasteiger partial charge in [-0.1, -0.05) is 19.1 Å². The number of fused-ring (bicyclic) bond motifs is 1.